The molecule has 0 saturated heterocycles. The van der Waals surface area contributed by atoms with Gasteiger partial charge in [0.15, 0.2) is 0 Å². The van der Waals surface area contributed by atoms with Crippen LogP contribution in [0.2, 0.25) is 5.02 Å². The molecule has 0 aliphatic rings. The van der Waals surface area contributed by atoms with Crippen LogP contribution >= 0.6 is 11.6 Å². The Balaban J connectivity index is 3.46. The molecule has 1 N–H and O–H groups in total. The van der Waals surface area contributed by atoms with Gasteiger partial charge in [0, 0.05) is 0 Å². The molecule has 1 aromatic carbocycles. The Labute approximate surface area is 96.9 Å². The molecule has 16 heavy (non-hydrogen) atoms. The molecule has 1 rings (SSSR count). The van der Waals surface area contributed by atoms with E-state index in [-0.39, 0.29) is 5.02 Å². The Morgan fingerprint density at radius 3 is 2.00 bits per heavy atom. The van der Waals surface area contributed by atoms with Crippen molar-refractivity contribution in [1.29, 1.82) is 0 Å². The van der Waals surface area contributed by atoms with Gasteiger partial charge in [-0.05, 0) is 23.1 Å². The first-order valence-electron chi connectivity index (χ1n) is 4.63. The number of benzene rings is 1. The summed E-state index contributed by atoms with van der Waals surface area (Å²) in [5.41, 5.74) is -1.12. The lowest BCUT2D eigenvalue weighted by atomic mass is 9.86. The number of halogens is 4. The van der Waals surface area contributed by atoms with Crippen molar-refractivity contribution in [3.63, 3.8) is 0 Å². The standard InChI is InChI=1S/C11H12ClF3O/c1-10(2,3)6-4-7(11(13,14)15)9(16)8(12)5-6/h4-5,16H,1-3H3. The van der Waals surface area contributed by atoms with E-state index in [2.05, 4.69) is 0 Å². The van der Waals surface area contributed by atoms with Crippen LogP contribution in [0, 0.1) is 0 Å². The predicted molar refractivity (Wildman–Crippen MR) is 56.8 cm³/mol. The van der Waals surface area contributed by atoms with Crippen LogP contribution in [0.1, 0.15) is 31.9 Å². The van der Waals surface area contributed by atoms with E-state index in [4.69, 9.17) is 11.6 Å². The van der Waals surface area contributed by atoms with E-state index in [1.165, 1.54) is 6.07 Å². The summed E-state index contributed by atoms with van der Waals surface area (Å²) in [7, 11) is 0. The number of alkyl halides is 3. The first-order chi connectivity index (χ1) is 7.03. The molecule has 0 amide bonds. The zero-order valence-corrected chi connectivity index (χ0v) is 9.87. The zero-order chi connectivity index (χ0) is 12.7. The molecule has 0 spiro atoms. The predicted octanol–water partition coefficient (Wildman–Crippen LogP) is 4.36. The van der Waals surface area contributed by atoms with Gasteiger partial charge in [-0.15, -0.1) is 0 Å². The first kappa shape index (κ1) is 13.2. The quantitative estimate of drug-likeness (QED) is 0.727. The summed E-state index contributed by atoms with van der Waals surface area (Å²) < 4.78 is 37.7. The Bertz CT molecular complexity index is 405. The molecule has 0 aliphatic carbocycles. The lowest BCUT2D eigenvalue weighted by Crippen LogP contribution is -2.14. The molecule has 0 aliphatic heterocycles. The highest BCUT2D eigenvalue weighted by Gasteiger charge is 2.36. The fourth-order valence-electron chi connectivity index (χ4n) is 1.25. The molecule has 0 heterocycles. The van der Waals surface area contributed by atoms with Gasteiger partial charge >= 0.3 is 6.18 Å². The van der Waals surface area contributed by atoms with Crippen molar-refractivity contribution < 1.29 is 18.3 Å². The van der Waals surface area contributed by atoms with Gasteiger partial charge in [0.05, 0.1) is 10.6 Å². The molecule has 1 aromatic rings. The van der Waals surface area contributed by atoms with E-state index in [9.17, 15) is 18.3 Å². The summed E-state index contributed by atoms with van der Waals surface area (Å²) >= 11 is 5.58. The van der Waals surface area contributed by atoms with Gasteiger partial charge in [-0.2, -0.15) is 13.2 Å². The number of aromatic hydroxyl groups is 1. The van der Waals surface area contributed by atoms with Gasteiger partial charge in [0.2, 0.25) is 0 Å². The minimum atomic E-state index is -4.60. The number of rotatable bonds is 0. The van der Waals surface area contributed by atoms with E-state index in [1.807, 2.05) is 0 Å². The van der Waals surface area contributed by atoms with Crippen molar-refractivity contribution >= 4 is 11.6 Å². The van der Waals surface area contributed by atoms with Crippen LogP contribution in [0.4, 0.5) is 13.2 Å². The van der Waals surface area contributed by atoms with E-state index >= 15 is 0 Å². The van der Waals surface area contributed by atoms with Crippen LogP contribution in [0.15, 0.2) is 12.1 Å². The lowest BCUT2D eigenvalue weighted by Gasteiger charge is -2.21. The minimum absolute atomic E-state index is 0.278. The largest absolute Gasteiger partial charge is 0.506 e. The molecular formula is C11H12ClF3O. The van der Waals surface area contributed by atoms with Crippen LogP contribution in [0.5, 0.6) is 5.75 Å². The van der Waals surface area contributed by atoms with Gasteiger partial charge in [-0.3, -0.25) is 0 Å². The summed E-state index contributed by atoms with van der Waals surface area (Å²) in [6.45, 7) is 5.32. The second kappa shape index (κ2) is 3.84. The highest BCUT2D eigenvalue weighted by Crippen LogP contribution is 2.42. The Morgan fingerprint density at radius 2 is 1.62 bits per heavy atom. The van der Waals surface area contributed by atoms with Crippen LogP contribution in [0.25, 0.3) is 0 Å². The topological polar surface area (TPSA) is 20.2 Å². The van der Waals surface area contributed by atoms with E-state index in [0.29, 0.717) is 5.56 Å². The van der Waals surface area contributed by atoms with Crippen LogP contribution in [0.3, 0.4) is 0 Å². The monoisotopic (exact) mass is 252 g/mol. The molecular weight excluding hydrogens is 241 g/mol. The fraction of sp³-hybridized carbons (Fsp3) is 0.455. The Kier molecular flexibility index (Phi) is 3.16. The van der Waals surface area contributed by atoms with Gasteiger partial charge < -0.3 is 5.11 Å². The summed E-state index contributed by atoms with van der Waals surface area (Å²) in [4.78, 5) is 0. The van der Waals surface area contributed by atoms with Crippen molar-refractivity contribution in [3.05, 3.63) is 28.3 Å². The molecule has 0 unspecified atom stereocenters. The third kappa shape index (κ3) is 2.61. The normalized spacial score (nSPS) is 12.9. The summed E-state index contributed by atoms with van der Waals surface area (Å²) in [5, 5.41) is 8.99. The molecule has 0 radical (unpaired) electrons. The van der Waals surface area contributed by atoms with Crippen molar-refractivity contribution in [2.24, 2.45) is 0 Å². The fourth-order valence-corrected chi connectivity index (χ4v) is 1.47. The van der Waals surface area contributed by atoms with Crippen molar-refractivity contribution in [3.8, 4) is 5.75 Å². The van der Waals surface area contributed by atoms with Crippen molar-refractivity contribution in [1.82, 2.24) is 0 Å². The molecule has 0 fully saturated rings. The highest BCUT2D eigenvalue weighted by atomic mass is 35.5. The smallest absolute Gasteiger partial charge is 0.420 e. The van der Waals surface area contributed by atoms with Crippen LogP contribution < -0.4 is 0 Å². The van der Waals surface area contributed by atoms with E-state index < -0.39 is 22.9 Å². The zero-order valence-electron chi connectivity index (χ0n) is 9.11. The highest BCUT2D eigenvalue weighted by molar-refractivity contribution is 6.32. The van der Waals surface area contributed by atoms with Gasteiger partial charge in [-0.1, -0.05) is 32.4 Å². The van der Waals surface area contributed by atoms with Crippen LogP contribution in [-0.4, -0.2) is 5.11 Å². The Morgan fingerprint density at radius 1 is 1.12 bits per heavy atom. The second-order valence-corrected chi connectivity index (χ2v) is 5.01. The molecule has 0 aromatic heterocycles. The molecule has 0 saturated carbocycles. The number of phenolic OH excluding ortho intramolecular Hbond substituents is 1. The van der Waals surface area contributed by atoms with Gasteiger partial charge in [0.25, 0.3) is 0 Å². The van der Waals surface area contributed by atoms with Gasteiger partial charge in [-0.25, -0.2) is 0 Å². The Hall–Kier alpha value is -0.900. The summed E-state index contributed by atoms with van der Waals surface area (Å²) in [5.74, 6) is -0.915. The maximum atomic E-state index is 12.6. The second-order valence-electron chi connectivity index (χ2n) is 4.60. The number of phenols is 1. The van der Waals surface area contributed by atoms with Crippen molar-refractivity contribution in [2.75, 3.05) is 0 Å². The average molecular weight is 253 g/mol. The maximum absolute atomic E-state index is 12.6. The molecule has 0 bridgehead atoms. The third-order valence-corrected chi connectivity index (χ3v) is 2.52. The summed E-state index contributed by atoms with van der Waals surface area (Å²) in [6, 6.07) is 2.29. The van der Waals surface area contributed by atoms with E-state index in [1.54, 1.807) is 20.8 Å². The van der Waals surface area contributed by atoms with E-state index in [0.717, 1.165) is 6.07 Å². The third-order valence-electron chi connectivity index (χ3n) is 2.23. The molecule has 5 heteroatoms. The number of hydrogen-bond donors (Lipinski definition) is 1. The van der Waals surface area contributed by atoms with Gasteiger partial charge in [0.1, 0.15) is 5.75 Å². The SMILES string of the molecule is CC(C)(C)c1cc(Cl)c(O)c(C(F)(F)F)c1. The lowest BCUT2D eigenvalue weighted by molar-refractivity contribution is -0.138. The molecule has 0 atom stereocenters. The maximum Gasteiger partial charge on any atom is 0.420 e. The average Bonchev–Trinajstić information content (AvgIpc) is 2.05. The number of hydrogen-bond acceptors (Lipinski definition) is 1. The van der Waals surface area contributed by atoms with Crippen LogP contribution in [-0.2, 0) is 11.6 Å². The molecule has 1 nitrogen and oxygen atoms in total. The minimum Gasteiger partial charge on any atom is -0.506 e. The first-order valence-corrected chi connectivity index (χ1v) is 5.01. The van der Waals surface area contributed by atoms with Crippen molar-refractivity contribution in [2.45, 2.75) is 32.4 Å². The molecule has 90 valence electrons. The summed E-state index contributed by atoms with van der Waals surface area (Å²) in [6.07, 6.45) is -4.60.